The minimum Gasteiger partial charge on any atom is -0.475 e. The lowest BCUT2D eigenvalue weighted by Gasteiger charge is -2.19. The summed E-state index contributed by atoms with van der Waals surface area (Å²) in [6, 6.07) is 0. The molecule has 1 N–H and O–H groups in total. The molecule has 1 amide bonds. The molecule has 0 saturated carbocycles. The van der Waals surface area contributed by atoms with E-state index >= 15 is 0 Å². The Bertz CT molecular complexity index is 204. The maximum absolute atomic E-state index is 11.1. The van der Waals surface area contributed by atoms with Crippen molar-refractivity contribution in [3.05, 3.63) is 12.5 Å². The number of likely N-dealkylation sites (N-methyl/N-ethyl adjacent to an activating group) is 1. The maximum Gasteiger partial charge on any atom is 0.220 e. The number of nitrogens with zero attached hydrogens (tertiary/aromatic N) is 1. The van der Waals surface area contributed by atoms with Crippen LogP contribution < -0.4 is 5.32 Å². The lowest BCUT2D eigenvalue weighted by Crippen LogP contribution is -2.38. The Balaban J connectivity index is 2.15. The summed E-state index contributed by atoms with van der Waals surface area (Å²) in [5.74, 6) is 0.0893. The van der Waals surface area contributed by atoms with E-state index < -0.39 is 0 Å². The fraction of sp³-hybridized carbons (Fsp3) is 0.667. The van der Waals surface area contributed by atoms with Gasteiger partial charge in [-0.25, -0.2) is 0 Å². The van der Waals surface area contributed by atoms with Crippen LogP contribution in [0.1, 0.15) is 19.8 Å². The van der Waals surface area contributed by atoms with Crippen molar-refractivity contribution < 1.29 is 9.53 Å². The van der Waals surface area contributed by atoms with Gasteiger partial charge in [0.2, 0.25) is 5.91 Å². The van der Waals surface area contributed by atoms with E-state index in [1.165, 1.54) is 0 Å². The first kappa shape index (κ1) is 9.89. The highest BCUT2D eigenvalue weighted by Gasteiger charge is 2.16. The summed E-state index contributed by atoms with van der Waals surface area (Å²) >= 11 is 0. The zero-order valence-corrected chi connectivity index (χ0v) is 8.12. The number of carbonyl (C=O) groups excluding carboxylic acids is 1. The zero-order chi connectivity index (χ0) is 9.68. The van der Waals surface area contributed by atoms with Crippen molar-refractivity contribution in [3.8, 4) is 0 Å². The largest absolute Gasteiger partial charge is 0.475 e. The van der Waals surface area contributed by atoms with Crippen LogP contribution in [-0.4, -0.2) is 30.6 Å². The number of nitrogens with one attached hydrogen (secondary N) is 1. The summed E-state index contributed by atoms with van der Waals surface area (Å²) in [4.78, 5) is 13.0. The Kier molecular flexibility index (Phi) is 3.61. The summed E-state index contributed by atoms with van der Waals surface area (Å²) in [5.41, 5.74) is 0. The number of hydrogen-bond donors (Lipinski definition) is 1. The molecule has 74 valence electrons. The molecule has 0 aromatic heterocycles. The van der Waals surface area contributed by atoms with Gasteiger partial charge in [0.15, 0.2) is 6.23 Å². The molecule has 13 heavy (non-hydrogen) atoms. The van der Waals surface area contributed by atoms with Gasteiger partial charge in [-0.15, -0.1) is 0 Å². The lowest BCUT2D eigenvalue weighted by molar-refractivity contribution is -0.121. The van der Waals surface area contributed by atoms with Crippen LogP contribution >= 0.6 is 0 Å². The van der Waals surface area contributed by atoms with Gasteiger partial charge in [-0.3, -0.25) is 4.79 Å². The first-order valence-corrected chi connectivity index (χ1v) is 4.54. The average Bonchev–Trinajstić information content (AvgIpc) is 2.48. The highest BCUT2D eigenvalue weighted by molar-refractivity contribution is 5.75. The van der Waals surface area contributed by atoms with Crippen LogP contribution in [0, 0.1) is 0 Å². The summed E-state index contributed by atoms with van der Waals surface area (Å²) in [6.45, 7) is 2.53. The Hall–Kier alpha value is -1.19. The molecular formula is C9H16N2O2. The third-order valence-corrected chi connectivity index (χ3v) is 1.94. The summed E-state index contributed by atoms with van der Waals surface area (Å²) in [7, 11) is 1.92. The van der Waals surface area contributed by atoms with Crippen molar-refractivity contribution in [3.63, 3.8) is 0 Å². The minimum absolute atomic E-state index is 0.0409. The van der Waals surface area contributed by atoms with Crippen molar-refractivity contribution in [1.29, 1.82) is 0 Å². The van der Waals surface area contributed by atoms with Gasteiger partial charge in [0.1, 0.15) is 6.26 Å². The van der Waals surface area contributed by atoms with Gasteiger partial charge in [0.05, 0.1) is 6.54 Å². The van der Waals surface area contributed by atoms with E-state index in [-0.39, 0.29) is 12.1 Å². The predicted octanol–water partition coefficient (Wildman–Crippen LogP) is 0.662. The van der Waals surface area contributed by atoms with Gasteiger partial charge in [0.25, 0.3) is 0 Å². The molecule has 1 rings (SSSR count). The quantitative estimate of drug-likeness (QED) is 0.698. The molecule has 1 aliphatic rings. The second kappa shape index (κ2) is 4.74. The van der Waals surface area contributed by atoms with Gasteiger partial charge in [-0.1, -0.05) is 6.92 Å². The van der Waals surface area contributed by atoms with Crippen LogP contribution in [0.5, 0.6) is 0 Å². The second-order valence-corrected chi connectivity index (χ2v) is 3.10. The Morgan fingerprint density at radius 2 is 2.46 bits per heavy atom. The number of hydrogen-bond acceptors (Lipinski definition) is 3. The topological polar surface area (TPSA) is 41.6 Å². The molecule has 0 radical (unpaired) electrons. The monoisotopic (exact) mass is 184 g/mol. The molecule has 4 heteroatoms. The van der Waals surface area contributed by atoms with Crippen LogP contribution in [-0.2, 0) is 9.53 Å². The van der Waals surface area contributed by atoms with Gasteiger partial charge in [-0.05, 0) is 6.42 Å². The molecule has 0 spiro atoms. The van der Waals surface area contributed by atoms with E-state index in [1.807, 2.05) is 25.1 Å². The minimum atomic E-state index is -0.0409. The first-order chi connectivity index (χ1) is 6.24. The Morgan fingerprint density at radius 1 is 1.69 bits per heavy atom. The van der Waals surface area contributed by atoms with E-state index in [0.717, 1.165) is 6.42 Å². The van der Waals surface area contributed by atoms with Crippen molar-refractivity contribution in [2.75, 3.05) is 13.6 Å². The standard InChI is InChI=1S/C9H16N2O2/c1-3-4-8(12)10-7-9-11(2)5-6-13-9/h5-6,9H,3-4,7H2,1-2H3,(H,10,12). The molecule has 0 aromatic rings. The van der Waals surface area contributed by atoms with Crippen molar-refractivity contribution in [2.24, 2.45) is 0 Å². The Labute approximate surface area is 78.5 Å². The summed E-state index contributed by atoms with van der Waals surface area (Å²) in [5, 5.41) is 2.81. The third kappa shape index (κ3) is 2.97. The summed E-state index contributed by atoms with van der Waals surface area (Å²) in [6.07, 6.45) is 4.91. The first-order valence-electron chi connectivity index (χ1n) is 4.54. The van der Waals surface area contributed by atoms with Crippen molar-refractivity contribution in [2.45, 2.75) is 26.0 Å². The zero-order valence-electron chi connectivity index (χ0n) is 8.12. The highest BCUT2D eigenvalue weighted by Crippen LogP contribution is 2.06. The van der Waals surface area contributed by atoms with Gasteiger partial charge in [0, 0.05) is 19.7 Å². The predicted molar refractivity (Wildman–Crippen MR) is 49.7 cm³/mol. The molecule has 0 fully saturated rings. The fourth-order valence-corrected chi connectivity index (χ4v) is 1.12. The number of ether oxygens (including phenoxy) is 1. The molecular weight excluding hydrogens is 168 g/mol. The van der Waals surface area contributed by atoms with Crippen molar-refractivity contribution >= 4 is 5.91 Å². The highest BCUT2D eigenvalue weighted by atomic mass is 16.5. The second-order valence-electron chi connectivity index (χ2n) is 3.10. The molecule has 1 heterocycles. The smallest absolute Gasteiger partial charge is 0.220 e. The van der Waals surface area contributed by atoms with Crippen LogP contribution in [0.15, 0.2) is 12.5 Å². The molecule has 0 aliphatic carbocycles. The SMILES string of the molecule is CCCC(=O)NCC1OC=CN1C. The van der Waals surface area contributed by atoms with Gasteiger partial charge < -0.3 is 15.0 Å². The van der Waals surface area contributed by atoms with Gasteiger partial charge >= 0.3 is 0 Å². The molecule has 1 aliphatic heterocycles. The van der Waals surface area contributed by atoms with Crippen LogP contribution in [0.4, 0.5) is 0 Å². The van der Waals surface area contributed by atoms with E-state index in [1.54, 1.807) is 6.26 Å². The van der Waals surface area contributed by atoms with E-state index in [4.69, 9.17) is 4.74 Å². The third-order valence-electron chi connectivity index (χ3n) is 1.94. The van der Waals surface area contributed by atoms with E-state index in [2.05, 4.69) is 5.32 Å². The molecule has 1 unspecified atom stereocenters. The molecule has 0 bridgehead atoms. The van der Waals surface area contributed by atoms with E-state index in [9.17, 15) is 4.79 Å². The maximum atomic E-state index is 11.1. The normalized spacial score (nSPS) is 20.2. The fourth-order valence-electron chi connectivity index (χ4n) is 1.12. The van der Waals surface area contributed by atoms with Crippen molar-refractivity contribution in [1.82, 2.24) is 10.2 Å². The van der Waals surface area contributed by atoms with Crippen LogP contribution in [0.2, 0.25) is 0 Å². The number of carbonyl (C=O) groups is 1. The van der Waals surface area contributed by atoms with Crippen LogP contribution in [0.3, 0.4) is 0 Å². The van der Waals surface area contributed by atoms with Gasteiger partial charge in [-0.2, -0.15) is 0 Å². The molecule has 0 aromatic carbocycles. The molecule has 1 atom stereocenters. The molecule has 0 saturated heterocycles. The average molecular weight is 184 g/mol. The summed E-state index contributed by atoms with van der Waals surface area (Å²) < 4.78 is 5.22. The Morgan fingerprint density at radius 3 is 3.00 bits per heavy atom. The lowest BCUT2D eigenvalue weighted by atomic mass is 10.3. The number of rotatable bonds is 4. The molecule has 4 nitrogen and oxygen atoms in total. The van der Waals surface area contributed by atoms with E-state index in [0.29, 0.717) is 13.0 Å². The van der Waals surface area contributed by atoms with Crippen LogP contribution in [0.25, 0.3) is 0 Å². The number of amides is 1.